The lowest BCUT2D eigenvalue weighted by molar-refractivity contribution is 0.365. The molecule has 0 saturated heterocycles. The summed E-state index contributed by atoms with van der Waals surface area (Å²) in [6.07, 6.45) is 1.80. The third kappa shape index (κ3) is 6.53. The molecule has 11 heavy (non-hydrogen) atoms. The summed E-state index contributed by atoms with van der Waals surface area (Å²) in [5.41, 5.74) is 2.16. The molecule has 1 N–H and O–H groups in total. The summed E-state index contributed by atoms with van der Waals surface area (Å²) in [5, 5.41) is 8.61. The number of rotatable bonds is 6. The van der Waals surface area contributed by atoms with Crippen molar-refractivity contribution < 1.29 is 5.11 Å². The van der Waals surface area contributed by atoms with Gasteiger partial charge in [0.2, 0.25) is 0 Å². The van der Waals surface area contributed by atoms with E-state index in [4.69, 9.17) is 5.11 Å². The maximum absolute atomic E-state index is 8.61. The lowest BCUT2D eigenvalue weighted by Crippen LogP contribution is -2.21. The highest BCUT2D eigenvalue weighted by Crippen LogP contribution is 2.13. The van der Waals surface area contributed by atoms with Crippen molar-refractivity contribution in [1.82, 2.24) is 0 Å². The van der Waals surface area contributed by atoms with Crippen LogP contribution < -0.4 is 0 Å². The van der Waals surface area contributed by atoms with Crippen LogP contribution in [0.5, 0.6) is 0 Å². The van der Waals surface area contributed by atoms with Crippen LogP contribution in [-0.2, 0) is 0 Å². The van der Waals surface area contributed by atoms with E-state index in [1.165, 1.54) is 18.5 Å². The van der Waals surface area contributed by atoms with Crippen molar-refractivity contribution in [2.45, 2.75) is 31.6 Å². The Labute approximate surface area is 73.4 Å². The molecule has 0 heterocycles. The van der Waals surface area contributed by atoms with Gasteiger partial charge in [0.1, 0.15) is 0 Å². The fourth-order valence-corrected chi connectivity index (χ4v) is 3.66. The van der Waals surface area contributed by atoms with Gasteiger partial charge in [0.15, 0.2) is 0 Å². The summed E-state index contributed by atoms with van der Waals surface area (Å²) in [4.78, 5) is 0. The number of aliphatic hydroxyl groups is 1. The highest BCUT2D eigenvalue weighted by molar-refractivity contribution is 6.82. The first-order chi connectivity index (χ1) is 5.12. The van der Waals surface area contributed by atoms with Gasteiger partial charge in [-0.1, -0.05) is 31.6 Å². The maximum Gasteiger partial charge on any atom is 0.0709 e. The van der Waals surface area contributed by atoms with Gasteiger partial charge in [-0.3, -0.25) is 0 Å². The third-order valence-electron chi connectivity index (χ3n) is 2.03. The summed E-state index contributed by atoms with van der Waals surface area (Å²) in [7, 11) is -1.13. The molecule has 0 aliphatic rings. The van der Waals surface area contributed by atoms with E-state index in [0.29, 0.717) is 6.23 Å². The minimum absolute atomic E-state index is 0.111. The summed E-state index contributed by atoms with van der Waals surface area (Å²) in [6, 6.07) is 2.66. The fraction of sp³-hybridized carbons (Fsp3) is 0.750. The first-order valence-corrected chi connectivity index (χ1v) is 9.65. The van der Waals surface area contributed by atoms with Crippen LogP contribution in [0.3, 0.4) is 0 Å². The highest BCUT2D eigenvalue weighted by Gasteiger charge is 2.14. The van der Waals surface area contributed by atoms with Crippen molar-refractivity contribution in [3.8, 4) is 0 Å². The Morgan fingerprint density at radius 3 is 2.64 bits per heavy atom. The summed E-state index contributed by atoms with van der Waals surface area (Å²) < 4.78 is 0. The molecule has 0 rings (SSSR count). The van der Waals surface area contributed by atoms with E-state index in [2.05, 4.69) is 25.4 Å². The molecule has 66 valence electrons. The van der Waals surface area contributed by atoms with Crippen molar-refractivity contribution in [2.75, 3.05) is 6.23 Å². The number of hydrogen-bond donors (Lipinski definition) is 1. The monoisotopic (exact) mass is 188 g/mol. The average molecular weight is 188 g/mol. The summed E-state index contributed by atoms with van der Waals surface area (Å²) >= 11 is 0. The van der Waals surface area contributed by atoms with E-state index in [9.17, 15) is 0 Å². The van der Waals surface area contributed by atoms with Crippen molar-refractivity contribution in [2.24, 2.45) is 0 Å². The van der Waals surface area contributed by atoms with Crippen molar-refractivity contribution >= 4 is 17.6 Å². The molecule has 0 aromatic rings. The molecule has 3 heteroatoms. The van der Waals surface area contributed by atoms with Crippen molar-refractivity contribution in [3.63, 3.8) is 0 Å². The Balaban J connectivity index is 3.30. The van der Waals surface area contributed by atoms with Crippen LogP contribution in [0.4, 0.5) is 0 Å². The zero-order chi connectivity index (χ0) is 8.74. The normalized spacial score (nSPS) is 12.6. The standard InChI is InChI=1S/C8H20OSi2/c1-4-11(2,3)7-5-6-10-8-9/h4,9H,1,5-8,10H2,2-3H3. The van der Waals surface area contributed by atoms with Gasteiger partial charge >= 0.3 is 0 Å². The van der Waals surface area contributed by atoms with Gasteiger partial charge in [-0.2, -0.15) is 0 Å². The lowest BCUT2D eigenvalue weighted by atomic mass is 10.6. The molecule has 0 spiro atoms. The molecule has 0 aromatic heterocycles. The molecule has 0 amide bonds. The van der Waals surface area contributed by atoms with Gasteiger partial charge in [-0.15, -0.1) is 12.3 Å². The van der Waals surface area contributed by atoms with Gasteiger partial charge in [-0.05, 0) is 0 Å². The van der Waals surface area contributed by atoms with Gasteiger partial charge in [0.05, 0.1) is 17.6 Å². The second-order valence-electron chi connectivity index (χ2n) is 3.73. The second-order valence-corrected chi connectivity index (χ2v) is 10.5. The van der Waals surface area contributed by atoms with Gasteiger partial charge in [-0.25, -0.2) is 0 Å². The topological polar surface area (TPSA) is 20.2 Å². The Morgan fingerprint density at radius 2 is 2.18 bits per heavy atom. The van der Waals surface area contributed by atoms with E-state index < -0.39 is 8.07 Å². The van der Waals surface area contributed by atoms with Crippen LogP contribution in [0.15, 0.2) is 12.3 Å². The molecule has 0 aliphatic carbocycles. The van der Waals surface area contributed by atoms with E-state index in [1.807, 2.05) is 0 Å². The minimum Gasteiger partial charge on any atom is -0.400 e. The van der Waals surface area contributed by atoms with Gasteiger partial charge in [0.25, 0.3) is 0 Å². The molecular formula is C8H20OSi2. The molecule has 0 bridgehead atoms. The Bertz CT molecular complexity index is 113. The van der Waals surface area contributed by atoms with Crippen molar-refractivity contribution in [3.05, 3.63) is 12.3 Å². The molecule has 0 atom stereocenters. The molecule has 0 fully saturated rings. The molecular weight excluding hydrogens is 168 g/mol. The largest absolute Gasteiger partial charge is 0.400 e. The average Bonchev–Trinajstić information content (AvgIpc) is 1.99. The molecule has 1 nitrogen and oxygen atoms in total. The van der Waals surface area contributed by atoms with Crippen LogP contribution in [0, 0.1) is 0 Å². The van der Waals surface area contributed by atoms with E-state index in [1.54, 1.807) is 0 Å². The zero-order valence-electron chi connectivity index (χ0n) is 7.77. The van der Waals surface area contributed by atoms with Crippen LogP contribution in [-0.4, -0.2) is 28.9 Å². The van der Waals surface area contributed by atoms with E-state index in [-0.39, 0.29) is 9.52 Å². The van der Waals surface area contributed by atoms with Crippen LogP contribution in [0.25, 0.3) is 0 Å². The van der Waals surface area contributed by atoms with Crippen LogP contribution in [0.2, 0.25) is 25.2 Å². The maximum atomic E-state index is 8.61. The highest BCUT2D eigenvalue weighted by atomic mass is 28.3. The quantitative estimate of drug-likeness (QED) is 0.493. The predicted molar refractivity (Wildman–Crippen MR) is 57.5 cm³/mol. The smallest absolute Gasteiger partial charge is 0.0709 e. The summed E-state index contributed by atoms with van der Waals surface area (Å²) in [5.74, 6) is 0. The lowest BCUT2D eigenvalue weighted by Gasteiger charge is -2.15. The number of hydrogen-bond acceptors (Lipinski definition) is 1. The molecule has 0 aromatic carbocycles. The Morgan fingerprint density at radius 1 is 1.55 bits per heavy atom. The molecule has 0 radical (unpaired) electrons. The minimum atomic E-state index is -1.02. The van der Waals surface area contributed by atoms with Gasteiger partial charge in [0, 0.05) is 6.23 Å². The second kappa shape index (κ2) is 5.74. The third-order valence-corrected chi connectivity index (χ3v) is 6.10. The van der Waals surface area contributed by atoms with Crippen LogP contribution in [0.1, 0.15) is 6.42 Å². The molecule has 0 saturated carbocycles. The predicted octanol–water partition coefficient (Wildman–Crippen LogP) is 1.35. The zero-order valence-corrected chi connectivity index (χ0v) is 10.2. The molecule has 0 aliphatic heterocycles. The fourth-order valence-electron chi connectivity index (χ4n) is 0.971. The Hall–Kier alpha value is 0.134. The molecule has 0 unspecified atom stereocenters. The first kappa shape index (κ1) is 11.1. The van der Waals surface area contributed by atoms with Crippen LogP contribution >= 0.6 is 0 Å². The van der Waals surface area contributed by atoms with E-state index in [0.717, 1.165) is 0 Å². The van der Waals surface area contributed by atoms with E-state index >= 15 is 0 Å². The first-order valence-electron chi connectivity index (χ1n) is 4.37. The summed E-state index contributed by atoms with van der Waals surface area (Å²) in [6.45, 7) is 8.55. The van der Waals surface area contributed by atoms with Gasteiger partial charge < -0.3 is 5.11 Å². The van der Waals surface area contributed by atoms with Crippen molar-refractivity contribution in [1.29, 1.82) is 0 Å². The number of aliphatic hydroxyl groups excluding tert-OH is 1. The Kier molecular flexibility index (Phi) is 5.81. The SMILES string of the molecule is C=C[Si](C)(C)CCC[SiH2]CO.